The predicted molar refractivity (Wildman–Crippen MR) is 175 cm³/mol. The lowest BCUT2D eigenvalue weighted by Crippen LogP contribution is -2.33. The fourth-order valence-corrected chi connectivity index (χ4v) is 7.27. The van der Waals surface area contributed by atoms with Crippen LogP contribution < -0.4 is 0 Å². The van der Waals surface area contributed by atoms with Gasteiger partial charge in [0.15, 0.2) is 0 Å². The molecule has 0 bridgehead atoms. The zero-order chi connectivity index (χ0) is 31.6. The molecule has 0 aromatic heterocycles. The Labute approximate surface area is 268 Å². The van der Waals surface area contributed by atoms with Crippen LogP contribution in [0.4, 0.5) is 0 Å². The zero-order valence-electron chi connectivity index (χ0n) is 28.1. The zero-order valence-corrected chi connectivity index (χ0v) is 28.1. The molecular weight excluding hydrogens is 556 g/mol. The Hall–Kier alpha value is -0.990. The van der Waals surface area contributed by atoms with Gasteiger partial charge in [-0.25, -0.2) is 4.79 Å². The third kappa shape index (κ3) is 14.2. The van der Waals surface area contributed by atoms with E-state index in [1.807, 2.05) is 13.0 Å². The number of unbranched alkanes of at least 4 members (excludes halogenated alkanes) is 12. The normalized spacial score (nSPS) is 27.4. The summed E-state index contributed by atoms with van der Waals surface area (Å²) >= 11 is 0. The topological polar surface area (TPSA) is 105 Å². The van der Waals surface area contributed by atoms with E-state index in [2.05, 4.69) is 6.92 Å². The molecule has 7 nitrogen and oxygen atoms in total. The molecule has 2 saturated heterocycles. The lowest BCUT2D eigenvalue weighted by Gasteiger charge is -2.24. The number of carbonyl (C=O) groups is 1. The molecular formula is C37H66O7. The molecule has 3 N–H and O–H groups in total. The Morgan fingerprint density at radius 3 is 1.61 bits per heavy atom. The van der Waals surface area contributed by atoms with E-state index in [-0.39, 0.29) is 42.6 Å². The molecule has 44 heavy (non-hydrogen) atoms. The smallest absolute Gasteiger partial charge is 0.334 e. The van der Waals surface area contributed by atoms with Crippen LogP contribution in [0.2, 0.25) is 0 Å². The van der Waals surface area contributed by atoms with Crippen molar-refractivity contribution in [3.63, 3.8) is 0 Å². The van der Waals surface area contributed by atoms with Crippen LogP contribution in [0, 0.1) is 0 Å². The molecule has 3 rings (SSSR count). The number of hydrogen-bond acceptors (Lipinski definition) is 7. The van der Waals surface area contributed by atoms with Crippen LogP contribution in [-0.2, 0) is 19.0 Å². The molecule has 0 aromatic rings. The molecule has 3 aliphatic rings. The van der Waals surface area contributed by atoms with Crippen LogP contribution >= 0.6 is 0 Å². The molecule has 3 heterocycles. The number of esters is 1. The first-order valence-electron chi connectivity index (χ1n) is 18.6. The van der Waals surface area contributed by atoms with Gasteiger partial charge in [-0.3, -0.25) is 0 Å². The molecule has 1 unspecified atom stereocenters. The minimum Gasteiger partial charge on any atom is -0.455 e. The van der Waals surface area contributed by atoms with Crippen molar-refractivity contribution < 1.29 is 34.3 Å². The number of aliphatic hydroxyl groups excluding tert-OH is 3. The second-order valence-electron chi connectivity index (χ2n) is 14.0. The third-order valence-corrected chi connectivity index (χ3v) is 10.1. The highest BCUT2D eigenvalue weighted by atomic mass is 16.6. The van der Waals surface area contributed by atoms with E-state index >= 15 is 0 Å². The molecule has 8 atom stereocenters. The predicted octanol–water partition coefficient (Wildman–Crippen LogP) is 7.86. The first kappa shape index (κ1) is 37.5. The van der Waals surface area contributed by atoms with Crippen LogP contribution in [0.25, 0.3) is 0 Å². The number of aliphatic hydroxyl groups is 3. The highest BCUT2D eigenvalue weighted by Crippen LogP contribution is 2.34. The summed E-state index contributed by atoms with van der Waals surface area (Å²) in [5.41, 5.74) is 0.863. The molecule has 0 aliphatic carbocycles. The number of rotatable bonds is 25. The van der Waals surface area contributed by atoms with Gasteiger partial charge in [0.2, 0.25) is 0 Å². The van der Waals surface area contributed by atoms with Crippen LogP contribution in [-0.4, -0.2) is 70.1 Å². The van der Waals surface area contributed by atoms with Gasteiger partial charge in [0, 0.05) is 5.57 Å². The van der Waals surface area contributed by atoms with Gasteiger partial charge in [-0.15, -0.1) is 0 Å². The van der Waals surface area contributed by atoms with E-state index < -0.39 is 12.2 Å². The Bertz CT molecular complexity index is 801. The van der Waals surface area contributed by atoms with Crippen molar-refractivity contribution in [3.05, 3.63) is 11.6 Å². The highest BCUT2D eigenvalue weighted by molar-refractivity contribution is 5.90. The van der Waals surface area contributed by atoms with Crippen LogP contribution in [0.15, 0.2) is 11.6 Å². The number of ether oxygens (including phenoxy) is 3. The first-order valence-corrected chi connectivity index (χ1v) is 18.6. The summed E-state index contributed by atoms with van der Waals surface area (Å²) in [6.45, 7) is 4.09. The van der Waals surface area contributed by atoms with Crippen molar-refractivity contribution in [1.82, 2.24) is 0 Å². The van der Waals surface area contributed by atoms with Gasteiger partial charge >= 0.3 is 5.97 Å². The van der Waals surface area contributed by atoms with Gasteiger partial charge in [0.25, 0.3) is 0 Å². The largest absolute Gasteiger partial charge is 0.455 e. The van der Waals surface area contributed by atoms with Crippen LogP contribution in [0.5, 0.6) is 0 Å². The van der Waals surface area contributed by atoms with Crippen molar-refractivity contribution >= 4 is 5.97 Å². The summed E-state index contributed by atoms with van der Waals surface area (Å²) in [4.78, 5) is 11.6. The molecule has 3 aliphatic heterocycles. The van der Waals surface area contributed by atoms with E-state index in [4.69, 9.17) is 14.2 Å². The minimum absolute atomic E-state index is 0.0274. The van der Waals surface area contributed by atoms with Crippen LogP contribution in [0.3, 0.4) is 0 Å². The Balaban J connectivity index is 1.13. The molecule has 0 saturated carbocycles. The quantitative estimate of drug-likeness (QED) is 0.0703. The summed E-state index contributed by atoms with van der Waals surface area (Å²) in [6, 6.07) is 0. The van der Waals surface area contributed by atoms with Gasteiger partial charge < -0.3 is 29.5 Å². The molecule has 256 valence electrons. The molecule has 0 radical (unpaired) electrons. The average molecular weight is 623 g/mol. The lowest BCUT2D eigenvalue weighted by molar-refractivity contribution is -0.139. The second-order valence-corrected chi connectivity index (χ2v) is 14.0. The van der Waals surface area contributed by atoms with E-state index in [1.54, 1.807) is 0 Å². The fraction of sp³-hybridized carbons (Fsp3) is 0.919. The van der Waals surface area contributed by atoms with E-state index in [9.17, 15) is 20.1 Å². The van der Waals surface area contributed by atoms with E-state index in [0.29, 0.717) is 0 Å². The Morgan fingerprint density at radius 2 is 1.11 bits per heavy atom. The Kier molecular flexibility index (Phi) is 18.5. The maximum atomic E-state index is 11.6. The molecule has 0 spiro atoms. The maximum Gasteiger partial charge on any atom is 0.334 e. The fourth-order valence-electron chi connectivity index (χ4n) is 7.27. The third-order valence-electron chi connectivity index (χ3n) is 10.1. The van der Waals surface area contributed by atoms with E-state index in [0.717, 1.165) is 95.5 Å². The molecule has 2 fully saturated rings. The Morgan fingerprint density at radius 1 is 0.659 bits per heavy atom. The average Bonchev–Trinajstić information content (AvgIpc) is 3.76. The summed E-state index contributed by atoms with van der Waals surface area (Å²) in [5, 5.41) is 31.5. The second kappa shape index (κ2) is 21.7. The number of carbonyl (C=O) groups excluding carboxylic acids is 1. The van der Waals surface area contributed by atoms with Gasteiger partial charge in [-0.2, -0.15) is 0 Å². The van der Waals surface area contributed by atoms with Gasteiger partial charge in [-0.05, 0) is 77.2 Å². The minimum atomic E-state index is -0.447. The van der Waals surface area contributed by atoms with Crippen LogP contribution in [0.1, 0.15) is 168 Å². The van der Waals surface area contributed by atoms with Crippen molar-refractivity contribution in [1.29, 1.82) is 0 Å². The SMILES string of the molecule is CCCCCC(O)CCCC[C@H](O)[C@H]1CC[C@H]([C@H]2CC[C@H]([C@H](O)CCCCCCCCCCCCC3=C[C@H](C)OC3=O)O2)O1. The van der Waals surface area contributed by atoms with Crippen molar-refractivity contribution in [2.45, 2.75) is 217 Å². The van der Waals surface area contributed by atoms with Crippen molar-refractivity contribution in [2.75, 3.05) is 0 Å². The van der Waals surface area contributed by atoms with Crippen molar-refractivity contribution in [3.8, 4) is 0 Å². The first-order chi connectivity index (χ1) is 21.4. The standard InChI is InChI=1S/C37H66O7/c1-3-4-13-19-30(38)20-16-17-22-32(40)34-24-26-36(44-34)35-25-23-33(43-35)31(39)21-15-12-10-8-6-5-7-9-11-14-18-29-27-28(2)42-37(29)41/h27-28,30-36,38-40H,3-26H2,1-2H3/t28-,30?,31+,32-,33+,34+,35+,36+/m0/s1. The summed E-state index contributed by atoms with van der Waals surface area (Å²) < 4.78 is 17.7. The monoisotopic (exact) mass is 622 g/mol. The number of hydrogen-bond donors (Lipinski definition) is 3. The molecule has 7 heteroatoms. The summed E-state index contributed by atoms with van der Waals surface area (Å²) in [7, 11) is 0. The van der Waals surface area contributed by atoms with Gasteiger partial charge in [0.05, 0.1) is 42.7 Å². The maximum absolute atomic E-state index is 11.6. The highest BCUT2D eigenvalue weighted by Gasteiger charge is 2.40. The summed E-state index contributed by atoms with van der Waals surface area (Å²) in [6.07, 6.45) is 25.8. The molecule has 0 amide bonds. The van der Waals surface area contributed by atoms with E-state index in [1.165, 1.54) is 64.2 Å². The molecule has 0 aromatic carbocycles. The van der Waals surface area contributed by atoms with Crippen molar-refractivity contribution in [2.24, 2.45) is 0 Å². The van der Waals surface area contributed by atoms with Gasteiger partial charge in [0.1, 0.15) is 6.10 Å². The number of cyclic esters (lactones) is 1. The summed E-state index contributed by atoms with van der Waals surface area (Å²) in [5.74, 6) is -0.123. The lowest BCUT2D eigenvalue weighted by atomic mass is 10.00. The van der Waals surface area contributed by atoms with Gasteiger partial charge in [-0.1, -0.05) is 96.8 Å².